The summed E-state index contributed by atoms with van der Waals surface area (Å²) in [4.78, 5) is 0. The van der Waals surface area contributed by atoms with Crippen molar-refractivity contribution < 1.29 is 44.9 Å². The van der Waals surface area contributed by atoms with Gasteiger partial charge in [-0.15, -0.1) is 0 Å². The molecule has 3 aromatic carbocycles. The van der Waals surface area contributed by atoms with E-state index >= 15 is 0 Å². The Morgan fingerprint density at radius 3 is 2.11 bits per heavy atom. The van der Waals surface area contributed by atoms with Crippen LogP contribution < -0.4 is 4.74 Å². The molecule has 1 aliphatic heterocycles. The van der Waals surface area contributed by atoms with Crippen LogP contribution in [0.4, 0.5) is 30.7 Å². The number of benzene rings is 3. The molecule has 2 fully saturated rings. The van der Waals surface area contributed by atoms with E-state index in [4.69, 9.17) is 9.47 Å². The Bertz CT molecular complexity index is 1490. The second-order valence-electron chi connectivity index (χ2n) is 12.2. The Morgan fingerprint density at radius 1 is 0.783 bits per heavy atom. The molecule has 0 aromatic heterocycles. The minimum Gasteiger partial charge on any atom is -0.429 e. The average Bonchev–Trinajstić information content (AvgIpc) is 3.03. The lowest BCUT2D eigenvalue weighted by Crippen LogP contribution is -2.34. The maximum atomic E-state index is 14.9. The van der Waals surface area contributed by atoms with E-state index in [0.717, 1.165) is 24.1 Å². The van der Waals surface area contributed by atoms with E-state index in [-0.39, 0.29) is 16.7 Å². The predicted molar refractivity (Wildman–Crippen MR) is 160 cm³/mol. The van der Waals surface area contributed by atoms with Crippen LogP contribution in [0.5, 0.6) is 5.75 Å². The third-order valence-corrected chi connectivity index (χ3v) is 8.94. The molecule has 0 unspecified atom stereocenters. The molecule has 0 amide bonds. The third-order valence-electron chi connectivity index (χ3n) is 8.94. The molecule has 10 heteroatoms. The van der Waals surface area contributed by atoms with Crippen LogP contribution in [0.15, 0.2) is 54.6 Å². The van der Waals surface area contributed by atoms with Gasteiger partial charge in [0.2, 0.25) is 0 Å². The van der Waals surface area contributed by atoms with E-state index < -0.39 is 47.2 Å². The Labute approximate surface area is 264 Å². The van der Waals surface area contributed by atoms with Crippen LogP contribution in [0.3, 0.4) is 0 Å². The zero-order valence-electron chi connectivity index (χ0n) is 25.5. The zero-order valence-corrected chi connectivity index (χ0v) is 25.5. The average molecular weight is 651 g/mol. The highest BCUT2D eigenvalue weighted by Gasteiger charge is 2.33. The van der Waals surface area contributed by atoms with Crippen molar-refractivity contribution in [1.29, 1.82) is 0 Å². The van der Waals surface area contributed by atoms with Gasteiger partial charge in [-0.3, -0.25) is 0 Å². The summed E-state index contributed by atoms with van der Waals surface area (Å²) in [6.07, 6.45) is 6.40. The van der Waals surface area contributed by atoms with Crippen LogP contribution in [0.2, 0.25) is 0 Å². The SMILES string of the molecule is CCCCCC1CCC(C2COC(c3ccc(/C=C/C(F)(F)Oc4ccc(-c5cc(F)c(F)c(F)c5)c(F)c4)c(F)c3)OC2)CC1. The summed E-state index contributed by atoms with van der Waals surface area (Å²) in [5.41, 5.74) is -0.385. The number of hydrogen-bond donors (Lipinski definition) is 0. The fourth-order valence-electron chi connectivity index (χ4n) is 6.32. The van der Waals surface area contributed by atoms with Crippen LogP contribution in [0.25, 0.3) is 17.2 Å². The van der Waals surface area contributed by atoms with Crippen molar-refractivity contribution in [2.24, 2.45) is 17.8 Å². The molecule has 1 heterocycles. The van der Waals surface area contributed by atoms with Gasteiger partial charge in [0.05, 0.1) is 13.2 Å². The summed E-state index contributed by atoms with van der Waals surface area (Å²) in [6.45, 7) is 3.25. The molecular formula is C36H37F7O3. The fourth-order valence-corrected chi connectivity index (χ4v) is 6.32. The molecular weight excluding hydrogens is 613 g/mol. The Hall–Kier alpha value is -3.37. The second kappa shape index (κ2) is 15.0. The smallest absolute Gasteiger partial charge is 0.419 e. The van der Waals surface area contributed by atoms with E-state index in [0.29, 0.717) is 54.9 Å². The van der Waals surface area contributed by atoms with E-state index in [1.165, 1.54) is 63.5 Å². The molecule has 0 spiro atoms. The van der Waals surface area contributed by atoms with Crippen molar-refractivity contribution in [2.75, 3.05) is 13.2 Å². The van der Waals surface area contributed by atoms with Crippen molar-refractivity contribution in [3.05, 3.63) is 94.8 Å². The number of unbranched alkanes of at least 4 members (excludes halogenated alkanes) is 2. The van der Waals surface area contributed by atoms with Crippen molar-refractivity contribution >= 4 is 6.08 Å². The number of halogens is 7. The monoisotopic (exact) mass is 650 g/mol. The van der Waals surface area contributed by atoms with E-state index in [1.807, 2.05) is 0 Å². The molecule has 3 aromatic rings. The molecule has 1 aliphatic carbocycles. The molecule has 1 saturated heterocycles. The number of rotatable bonds is 11. The lowest BCUT2D eigenvalue weighted by atomic mass is 9.74. The third kappa shape index (κ3) is 8.50. The molecule has 3 nitrogen and oxygen atoms in total. The first kappa shape index (κ1) is 34.0. The van der Waals surface area contributed by atoms with Crippen LogP contribution in [0, 0.1) is 46.8 Å². The van der Waals surface area contributed by atoms with E-state index in [9.17, 15) is 30.7 Å². The first-order valence-corrected chi connectivity index (χ1v) is 15.8. The van der Waals surface area contributed by atoms with Gasteiger partial charge < -0.3 is 14.2 Å². The van der Waals surface area contributed by atoms with Gasteiger partial charge in [-0.05, 0) is 66.6 Å². The van der Waals surface area contributed by atoms with E-state index in [1.54, 1.807) is 6.07 Å². The number of ether oxygens (including phenoxy) is 3. The molecule has 46 heavy (non-hydrogen) atoms. The standard InChI is InChI=1S/C36H37F7O3/c1-2-3-4-5-22-6-8-23(9-7-22)27-20-44-35(45-21-27)25-11-10-24(30(37)16-25)14-15-36(42,43)46-28-12-13-29(31(38)19-28)26-17-32(39)34(41)33(40)18-26/h10-19,22-23,27,35H,2-9,20-21H2,1H3/b15-14+. The van der Waals surface area contributed by atoms with Gasteiger partial charge in [0.15, 0.2) is 23.7 Å². The van der Waals surface area contributed by atoms with Crippen molar-refractivity contribution in [1.82, 2.24) is 0 Å². The molecule has 0 atom stereocenters. The number of hydrogen-bond acceptors (Lipinski definition) is 3. The van der Waals surface area contributed by atoms with Gasteiger partial charge >= 0.3 is 6.11 Å². The molecule has 0 radical (unpaired) electrons. The highest BCUT2D eigenvalue weighted by Crippen LogP contribution is 2.39. The summed E-state index contributed by atoms with van der Waals surface area (Å²) in [6, 6.07) is 7.74. The lowest BCUT2D eigenvalue weighted by molar-refractivity contribution is -0.214. The zero-order chi connectivity index (χ0) is 32.8. The van der Waals surface area contributed by atoms with Crippen molar-refractivity contribution in [3.8, 4) is 16.9 Å². The van der Waals surface area contributed by atoms with E-state index in [2.05, 4.69) is 11.7 Å². The van der Waals surface area contributed by atoms with Gasteiger partial charge in [-0.1, -0.05) is 57.6 Å². The molecule has 2 aliphatic rings. The molecule has 0 bridgehead atoms. The highest BCUT2D eigenvalue weighted by atomic mass is 19.3. The van der Waals surface area contributed by atoms with Crippen LogP contribution >= 0.6 is 0 Å². The van der Waals surface area contributed by atoms with Gasteiger partial charge in [-0.2, -0.15) is 8.78 Å². The summed E-state index contributed by atoms with van der Waals surface area (Å²) < 4.78 is 115. The first-order valence-electron chi connectivity index (χ1n) is 15.8. The second-order valence-corrected chi connectivity index (χ2v) is 12.2. The minimum absolute atomic E-state index is 0.140. The van der Waals surface area contributed by atoms with Crippen LogP contribution in [-0.2, 0) is 9.47 Å². The molecule has 5 rings (SSSR count). The van der Waals surface area contributed by atoms with Crippen LogP contribution in [-0.4, -0.2) is 19.3 Å². The van der Waals surface area contributed by atoms with Gasteiger partial charge in [0, 0.05) is 34.8 Å². The Morgan fingerprint density at radius 2 is 1.48 bits per heavy atom. The maximum Gasteiger partial charge on any atom is 0.419 e. The first-order chi connectivity index (χ1) is 22.0. The summed E-state index contributed by atoms with van der Waals surface area (Å²) in [5, 5.41) is 0. The minimum atomic E-state index is -3.97. The topological polar surface area (TPSA) is 27.7 Å². The number of alkyl halides is 2. The van der Waals surface area contributed by atoms with Gasteiger partial charge in [-0.25, -0.2) is 22.0 Å². The molecule has 248 valence electrons. The lowest BCUT2D eigenvalue weighted by Gasteiger charge is -2.38. The maximum absolute atomic E-state index is 14.9. The highest BCUT2D eigenvalue weighted by molar-refractivity contribution is 5.65. The summed E-state index contributed by atoms with van der Waals surface area (Å²) >= 11 is 0. The van der Waals surface area contributed by atoms with Gasteiger partial charge in [0.25, 0.3) is 0 Å². The fraction of sp³-hybridized carbons (Fsp3) is 0.444. The quantitative estimate of drug-likeness (QED) is 0.117. The summed E-state index contributed by atoms with van der Waals surface area (Å²) in [7, 11) is 0. The predicted octanol–water partition coefficient (Wildman–Crippen LogP) is 10.8. The van der Waals surface area contributed by atoms with Crippen molar-refractivity contribution in [3.63, 3.8) is 0 Å². The molecule has 1 saturated carbocycles. The normalized spacial score (nSPS) is 22.3. The van der Waals surface area contributed by atoms with Crippen molar-refractivity contribution in [2.45, 2.75) is 70.7 Å². The largest absolute Gasteiger partial charge is 0.429 e. The van der Waals surface area contributed by atoms with Gasteiger partial charge in [0.1, 0.15) is 17.4 Å². The Kier molecular flexibility index (Phi) is 11.1. The Balaban J connectivity index is 1.14. The van der Waals surface area contributed by atoms with Crippen LogP contribution in [0.1, 0.15) is 75.7 Å². The molecule has 0 N–H and O–H groups in total. The summed E-state index contributed by atoms with van der Waals surface area (Å²) in [5.74, 6) is -5.61.